The SMILES string of the molecule is CC(C)[C@H](NC(=O)c1ccc(S(=O)(=O)N2CCCC2)cc1)C(=O)O. The number of aliphatic carboxylic acids is 1. The highest BCUT2D eigenvalue weighted by molar-refractivity contribution is 7.89. The highest BCUT2D eigenvalue weighted by Crippen LogP contribution is 2.21. The summed E-state index contributed by atoms with van der Waals surface area (Å²) < 4.78 is 26.3. The van der Waals surface area contributed by atoms with Gasteiger partial charge in [-0.2, -0.15) is 4.31 Å². The number of amides is 1. The van der Waals surface area contributed by atoms with Gasteiger partial charge >= 0.3 is 5.97 Å². The van der Waals surface area contributed by atoms with Crippen molar-refractivity contribution in [3.05, 3.63) is 29.8 Å². The van der Waals surface area contributed by atoms with E-state index in [1.165, 1.54) is 28.6 Å². The van der Waals surface area contributed by atoms with Gasteiger partial charge in [0.15, 0.2) is 0 Å². The number of sulfonamides is 1. The minimum atomic E-state index is -3.52. The molecular formula is C16H22N2O5S. The van der Waals surface area contributed by atoms with Gasteiger partial charge in [0.2, 0.25) is 10.0 Å². The molecule has 8 heteroatoms. The number of nitrogens with zero attached hydrogens (tertiary/aromatic N) is 1. The van der Waals surface area contributed by atoms with E-state index in [-0.39, 0.29) is 16.4 Å². The summed E-state index contributed by atoms with van der Waals surface area (Å²) in [6, 6.07) is 4.57. The molecule has 24 heavy (non-hydrogen) atoms. The van der Waals surface area contributed by atoms with Crippen LogP contribution in [0.2, 0.25) is 0 Å². The lowest BCUT2D eigenvalue weighted by atomic mass is 10.0. The summed E-state index contributed by atoms with van der Waals surface area (Å²) in [6.45, 7) is 4.42. The predicted molar refractivity (Wildman–Crippen MR) is 88.2 cm³/mol. The lowest BCUT2D eigenvalue weighted by molar-refractivity contribution is -0.140. The minimum absolute atomic E-state index is 0.139. The summed E-state index contributed by atoms with van der Waals surface area (Å²) in [5, 5.41) is 11.6. The molecule has 2 rings (SSSR count). The Morgan fingerprint density at radius 3 is 2.12 bits per heavy atom. The lowest BCUT2D eigenvalue weighted by Gasteiger charge is -2.18. The van der Waals surface area contributed by atoms with E-state index in [2.05, 4.69) is 5.32 Å². The molecule has 7 nitrogen and oxygen atoms in total. The van der Waals surface area contributed by atoms with E-state index in [0.29, 0.717) is 13.1 Å². The van der Waals surface area contributed by atoms with Gasteiger partial charge in [-0.25, -0.2) is 13.2 Å². The first kappa shape index (κ1) is 18.4. The molecule has 1 aliphatic heterocycles. The second-order valence-electron chi connectivity index (χ2n) is 6.17. The Balaban J connectivity index is 2.14. The van der Waals surface area contributed by atoms with E-state index in [9.17, 15) is 18.0 Å². The van der Waals surface area contributed by atoms with Crippen molar-refractivity contribution in [1.29, 1.82) is 0 Å². The van der Waals surface area contributed by atoms with Crippen molar-refractivity contribution in [2.45, 2.75) is 37.6 Å². The van der Waals surface area contributed by atoms with Crippen LogP contribution >= 0.6 is 0 Å². The molecule has 0 unspecified atom stereocenters. The number of nitrogens with one attached hydrogen (secondary N) is 1. The number of carboxylic acids is 1. The Morgan fingerprint density at radius 2 is 1.67 bits per heavy atom. The second kappa shape index (κ2) is 7.31. The molecule has 1 heterocycles. The first-order chi connectivity index (χ1) is 11.2. The van der Waals surface area contributed by atoms with Gasteiger partial charge in [-0.05, 0) is 43.0 Å². The predicted octanol–water partition coefficient (Wildman–Crippen LogP) is 1.31. The molecule has 1 atom stereocenters. The maximum atomic E-state index is 12.4. The molecule has 2 N–H and O–H groups in total. The van der Waals surface area contributed by atoms with Crippen LogP contribution < -0.4 is 5.32 Å². The Hall–Kier alpha value is -1.93. The molecule has 1 saturated heterocycles. The first-order valence-electron chi connectivity index (χ1n) is 7.87. The van der Waals surface area contributed by atoms with Crippen molar-refractivity contribution in [3.63, 3.8) is 0 Å². The monoisotopic (exact) mass is 354 g/mol. The third-order valence-corrected chi connectivity index (χ3v) is 5.95. The van der Waals surface area contributed by atoms with E-state index in [1.54, 1.807) is 13.8 Å². The van der Waals surface area contributed by atoms with E-state index in [4.69, 9.17) is 5.11 Å². The summed E-state index contributed by atoms with van der Waals surface area (Å²) in [5.41, 5.74) is 0.224. The number of hydrogen-bond acceptors (Lipinski definition) is 4. The minimum Gasteiger partial charge on any atom is -0.480 e. The second-order valence-corrected chi connectivity index (χ2v) is 8.11. The highest BCUT2D eigenvalue weighted by atomic mass is 32.2. The average molecular weight is 354 g/mol. The highest BCUT2D eigenvalue weighted by Gasteiger charge is 2.28. The number of rotatable bonds is 6. The number of benzene rings is 1. The largest absolute Gasteiger partial charge is 0.480 e. The van der Waals surface area contributed by atoms with Crippen molar-refractivity contribution in [2.75, 3.05) is 13.1 Å². The molecule has 0 aliphatic carbocycles. The smallest absolute Gasteiger partial charge is 0.326 e. The quantitative estimate of drug-likeness (QED) is 0.802. The first-order valence-corrected chi connectivity index (χ1v) is 9.31. The molecule has 1 aliphatic rings. The number of carbonyl (C=O) groups is 2. The molecule has 1 amide bonds. The topological polar surface area (TPSA) is 104 Å². The molecule has 1 fully saturated rings. The van der Waals surface area contributed by atoms with Crippen molar-refractivity contribution in [1.82, 2.24) is 9.62 Å². The third kappa shape index (κ3) is 3.93. The van der Waals surface area contributed by atoms with Gasteiger partial charge < -0.3 is 10.4 Å². The Bertz CT molecular complexity index is 706. The van der Waals surface area contributed by atoms with Crippen LogP contribution in [0, 0.1) is 5.92 Å². The maximum Gasteiger partial charge on any atom is 0.326 e. The van der Waals surface area contributed by atoms with Crippen molar-refractivity contribution in [2.24, 2.45) is 5.92 Å². The zero-order valence-electron chi connectivity index (χ0n) is 13.7. The van der Waals surface area contributed by atoms with Gasteiger partial charge in [0.05, 0.1) is 4.90 Å². The summed E-state index contributed by atoms with van der Waals surface area (Å²) in [5.74, 6) is -1.91. The van der Waals surface area contributed by atoms with E-state index >= 15 is 0 Å². The van der Waals surface area contributed by atoms with Crippen LogP contribution in [-0.2, 0) is 14.8 Å². The Kier molecular flexibility index (Phi) is 5.61. The molecule has 0 saturated carbocycles. The molecule has 1 aromatic rings. The molecule has 1 aromatic carbocycles. The van der Waals surface area contributed by atoms with E-state index in [1.807, 2.05) is 0 Å². The van der Waals surface area contributed by atoms with Crippen LogP contribution in [0.15, 0.2) is 29.2 Å². The molecule has 0 spiro atoms. The lowest BCUT2D eigenvalue weighted by Crippen LogP contribution is -2.44. The van der Waals surface area contributed by atoms with Crippen LogP contribution in [0.25, 0.3) is 0 Å². The van der Waals surface area contributed by atoms with Crippen molar-refractivity contribution in [3.8, 4) is 0 Å². The zero-order valence-corrected chi connectivity index (χ0v) is 14.5. The summed E-state index contributed by atoms with van der Waals surface area (Å²) in [7, 11) is -3.52. The average Bonchev–Trinajstić information content (AvgIpc) is 3.07. The van der Waals surface area contributed by atoms with Crippen LogP contribution in [0.4, 0.5) is 0 Å². The van der Waals surface area contributed by atoms with Crippen molar-refractivity contribution < 1.29 is 23.1 Å². The fourth-order valence-electron chi connectivity index (χ4n) is 2.59. The summed E-state index contributed by atoms with van der Waals surface area (Å²) >= 11 is 0. The number of carboxylic acid groups (broad SMARTS) is 1. The third-order valence-electron chi connectivity index (χ3n) is 4.04. The van der Waals surface area contributed by atoms with Crippen LogP contribution in [0.3, 0.4) is 0 Å². The van der Waals surface area contributed by atoms with Crippen LogP contribution in [-0.4, -0.2) is 48.8 Å². The molecular weight excluding hydrogens is 332 g/mol. The molecule has 132 valence electrons. The molecule has 0 bridgehead atoms. The van der Waals surface area contributed by atoms with Gasteiger partial charge in [0.1, 0.15) is 6.04 Å². The van der Waals surface area contributed by atoms with E-state index < -0.39 is 27.9 Å². The van der Waals surface area contributed by atoms with Crippen LogP contribution in [0.1, 0.15) is 37.0 Å². The van der Waals surface area contributed by atoms with E-state index in [0.717, 1.165) is 12.8 Å². The fraction of sp³-hybridized carbons (Fsp3) is 0.500. The Labute approximate surface area is 141 Å². The zero-order chi connectivity index (χ0) is 17.9. The number of hydrogen-bond donors (Lipinski definition) is 2. The Morgan fingerprint density at radius 1 is 1.12 bits per heavy atom. The van der Waals surface area contributed by atoms with Gasteiger partial charge in [-0.3, -0.25) is 4.79 Å². The summed E-state index contributed by atoms with van der Waals surface area (Å²) in [4.78, 5) is 23.4. The standard InChI is InChI=1S/C16H22N2O5S/c1-11(2)14(16(20)21)17-15(19)12-5-7-13(8-6-12)24(22,23)18-9-3-4-10-18/h5-8,11,14H,3-4,9-10H2,1-2H3,(H,17,19)(H,20,21)/t14-/m0/s1. The van der Waals surface area contributed by atoms with Crippen LogP contribution in [0.5, 0.6) is 0 Å². The molecule has 0 aromatic heterocycles. The van der Waals surface area contributed by atoms with Gasteiger partial charge in [-0.1, -0.05) is 13.8 Å². The molecule has 0 radical (unpaired) electrons. The van der Waals surface area contributed by atoms with Gasteiger partial charge in [0, 0.05) is 18.7 Å². The number of carbonyl (C=O) groups excluding carboxylic acids is 1. The fourth-order valence-corrected chi connectivity index (χ4v) is 4.11. The van der Waals surface area contributed by atoms with Gasteiger partial charge in [0.25, 0.3) is 5.91 Å². The normalized spacial score (nSPS) is 17.0. The summed E-state index contributed by atoms with van der Waals surface area (Å²) in [6.07, 6.45) is 1.71. The van der Waals surface area contributed by atoms with Crippen molar-refractivity contribution >= 4 is 21.9 Å². The maximum absolute atomic E-state index is 12.4. The van der Waals surface area contributed by atoms with Gasteiger partial charge in [-0.15, -0.1) is 0 Å².